The Morgan fingerprint density at radius 2 is 1.68 bits per heavy atom. The molecule has 2 N–H and O–H groups in total. The van der Waals surface area contributed by atoms with Crippen LogP contribution in [0.15, 0.2) is 53.0 Å². The van der Waals surface area contributed by atoms with E-state index in [1.165, 1.54) is 0 Å². The number of hydrogen-bond donors (Lipinski definition) is 2. The highest BCUT2D eigenvalue weighted by atomic mass is 79.9. The number of carbonyl (C=O) groups excluding carboxylic acids is 1. The van der Waals surface area contributed by atoms with E-state index in [-0.39, 0.29) is 12.5 Å². The van der Waals surface area contributed by atoms with Crippen molar-refractivity contribution in [3.63, 3.8) is 0 Å². The molecular formula is C17H19BrN2O2. The van der Waals surface area contributed by atoms with Crippen LogP contribution in [-0.4, -0.2) is 19.1 Å². The Kier molecular flexibility index (Phi) is 6.27. The lowest BCUT2D eigenvalue weighted by atomic mass is 10.3. The van der Waals surface area contributed by atoms with E-state index in [0.29, 0.717) is 6.61 Å². The highest BCUT2D eigenvalue weighted by Gasteiger charge is 2.03. The van der Waals surface area contributed by atoms with E-state index >= 15 is 0 Å². The zero-order valence-electron chi connectivity index (χ0n) is 12.4. The van der Waals surface area contributed by atoms with Crippen molar-refractivity contribution in [3.05, 3.63) is 53.0 Å². The van der Waals surface area contributed by atoms with Gasteiger partial charge in [0.1, 0.15) is 5.75 Å². The third kappa shape index (κ3) is 5.41. The molecule has 0 saturated carbocycles. The molecule has 0 unspecified atom stereocenters. The maximum atomic E-state index is 11.9. The van der Waals surface area contributed by atoms with Crippen LogP contribution in [-0.2, 0) is 4.79 Å². The van der Waals surface area contributed by atoms with Crippen LogP contribution in [0.1, 0.15) is 13.3 Å². The minimum atomic E-state index is -0.0925. The van der Waals surface area contributed by atoms with Crippen LogP contribution in [0, 0.1) is 0 Å². The second kappa shape index (κ2) is 8.44. The number of halogens is 1. The highest BCUT2D eigenvalue weighted by Crippen LogP contribution is 2.16. The summed E-state index contributed by atoms with van der Waals surface area (Å²) in [6, 6.07) is 15.1. The summed E-state index contributed by atoms with van der Waals surface area (Å²) < 4.78 is 6.51. The van der Waals surface area contributed by atoms with Gasteiger partial charge in [-0.1, -0.05) is 22.9 Å². The largest absolute Gasteiger partial charge is 0.494 e. The number of rotatable bonds is 7. The Morgan fingerprint density at radius 1 is 1.05 bits per heavy atom. The minimum Gasteiger partial charge on any atom is -0.494 e. The van der Waals surface area contributed by atoms with Gasteiger partial charge in [0.15, 0.2) is 0 Å². The van der Waals surface area contributed by atoms with E-state index in [1.807, 2.05) is 48.5 Å². The summed E-state index contributed by atoms with van der Waals surface area (Å²) >= 11 is 3.37. The Labute approximate surface area is 139 Å². The average molecular weight is 363 g/mol. The SMILES string of the molecule is CCCOc1ccc(NC(=O)CNc2ccc(Br)cc2)cc1. The van der Waals surface area contributed by atoms with E-state index in [4.69, 9.17) is 4.74 Å². The van der Waals surface area contributed by atoms with Gasteiger partial charge in [0.05, 0.1) is 13.2 Å². The molecule has 2 aromatic carbocycles. The van der Waals surface area contributed by atoms with Crippen LogP contribution in [0.4, 0.5) is 11.4 Å². The average Bonchev–Trinajstić information content (AvgIpc) is 2.54. The van der Waals surface area contributed by atoms with Crippen molar-refractivity contribution in [2.75, 3.05) is 23.8 Å². The summed E-state index contributed by atoms with van der Waals surface area (Å²) in [5.41, 5.74) is 1.66. The third-order valence-electron chi connectivity index (χ3n) is 2.91. The van der Waals surface area contributed by atoms with Crippen LogP contribution in [0.3, 0.4) is 0 Å². The third-order valence-corrected chi connectivity index (χ3v) is 3.44. The van der Waals surface area contributed by atoms with Crippen LogP contribution in [0.25, 0.3) is 0 Å². The first-order chi connectivity index (χ1) is 10.7. The maximum absolute atomic E-state index is 11.9. The number of anilines is 2. The Bertz CT molecular complexity index is 597. The fourth-order valence-electron chi connectivity index (χ4n) is 1.81. The van der Waals surface area contributed by atoms with Crippen molar-refractivity contribution < 1.29 is 9.53 Å². The van der Waals surface area contributed by atoms with Crippen molar-refractivity contribution in [2.24, 2.45) is 0 Å². The molecule has 0 aliphatic rings. The fourth-order valence-corrected chi connectivity index (χ4v) is 2.07. The monoisotopic (exact) mass is 362 g/mol. The summed E-state index contributed by atoms with van der Waals surface area (Å²) in [6.45, 7) is 2.98. The zero-order valence-corrected chi connectivity index (χ0v) is 14.0. The lowest BCUT2D eigenvalue weighted by Crippen LogP contribution is -2.21. The predicted octanol–water partition coefficient (Wildman–Crippen LogP) is 4.29. The summed E-state index contributed by atoms with van der Waals surface area (Å²) in [5, 5.41) is 5.91. The van der Waals surface area contributed by atoms with Gasteiger partial charge < -0.3 is 15.4 Å². The molecule has 22 heavy (non-hydrogen) atoms. The van der Waals surface area contributed by atoms with Crippen LogP contribution in [0.5, 0.6) is 5.75 Å². The lowest BCUT2D eigenvalue weighted by molar-refractivity contribution is -0.114. The van der Waals surface area contributed by atoms with Crippen molar-refractivity contribution in [1.29, 1.82) is 0 Å². The molecule has 0 radical (unpaired) electrons. The van der Waals surface area contributed by atoms with Crippen molar-refractivity contribution in [1.82, 2.24) is 0 Å². The van der Waals surface area contributed by atoms with Gasteiger partial charge in [-0.2, -0.15) is 0 Å². The molecule has 0 fully saturated rings. The molecule has 0 saturated heterocycles. The molecule has 5 heteroatoms. The molecular weight excluding hydrogens is 344 g/mol. The number of benzene rings is 2. The lowest BCUT2D eigenvalue weighted by Gasteiger charge is -2.09. The van der Waals surface area contributed by atoms with Gasteiger partial charge in [0.2, 0.25) is 5.91 Å². The standard InChI is InChI=1S/C17H19BrN2O2/c1-2-11-22-16-9-7-15(8-10-16)20-17(21)12-19-14-5-3-13(18)4-6-14/h3-10,19H,2,11-12H2,1H3,(H,20,21). The Balaban J connectivity index is 1.80. The van der Waals surface area contributed by atoms with Crippen LogP contribution in [0.2, 0.25) is 0 Å². The number of carbonyl (C=O) groups is 1. The highest BCUT2D eigenvalue weighted by molar-refractivity contribution is 9.10. The van der Waals surface area contributed by atoms with Gasteiger partial charge in [0, 0.05) is 15.8 Å². The summed E-state index contributed by atoms with van der Waals surface area (Å²) in [5.74, 6) is 0.720. The molecule has 1 amide bonds. The molecule has 0 aliphatic carbocycles. The maximum Gasteiger partial charge on any atom is 0.243 e. The second-order valence-electron chi connectivity index (χ2n) is 4.78. The van der Waals surface area contributed by atoms with Crippen LogP contribution < -0.4 is 15.4 Å². The topological polar surface area (TPSA) is 50.4 Å². The van der Waals surface area contributed by atoms with Gasteiger partial charge in [-0.25, -0.2) is 0 Å². The normalized spacial score (nSPS) is 10.1. The van der Waals surface area contributed by atoms with Gasteiger partial charge in [-0.15, -0.1) is 0 Å². The van der Waals surface area contributed by atoms with Crippen molar-refractivity contribution >= 4 is 33.2 Å². The van der Waals surface area contributed by atoms with E-state index in [0.717, 1.165) is 28.0 Å². The Hall–Kier alpha value is -2.01. The first kappa shape index (κ1) is 16.4. The molecule has 0 aromatic heterocycles. The van der Waals surface area contributed by atoms with E-state index < -0.39 is 0 Å². The number of nitrogens with one attached hydrogen (secondary N) is 2. The quantitative estimate of drug-likeness (QED) is 0.772. The van der Waals surface area contributed by atoms with Gasteiger partial charge in [0.25, 0.3) is 0 Å². The molecule has 0 spiro atoms. The molecule has 2 rings (SSSR count). The second-order valence-corrected chi connectivity index (χ2v) is 5.70. The molecule has 0 aliphatic heterocycles. The zero-order chi connectivity index (χ0) is 15.8. The predicted molar refractivity (Wildman–Crippen MR) is 93.5 cm³/mol. The Morgan fingerprint density at radius 3 is 2.32 bits per heavy atom. The van der Waals surface area contributed by atoms with E-state index in [2.05, 4.69) is 33.5 Å². The summed E-state index contributed by atoms with van der Waals surface area (Å²) in [7, 11) is 0. The molecule has 4 nitrogen and oxygen atoms in total. The first-order valence-electron chi connectivity index (χ1n) is 7.19. The van der Waals surface area contributed by atoms with Gasteiger partial charge in [-0.05, 0) is 55.0 Å². The number of amides is 1. The van der Waals surface area contributed by atoms with Crippen molar-refractivity contribution in [3.8, 4) is 5.75 Å². The summed E-state index contributed by atoms with van der Waals surface area (Å²) in [4.78, 5) is 11.9. The first-order valence-corrected chi connectivity index (χ1v) is 7.99. The number of hydrogen-bond acceptors (Lipinski definition) is 3. The number of ether oxygens (including phenoxy) is 1. The smallest absolute Gasteiger partial charge is 0.243 e. The minimum absolute atomic E-state index is 0.0925. The van der Waals surface area contributed by atoms with Gasteiger partial charge in [-0.3, -0.25) is 4.79 Å². The molecule has 0 bridgehead atoms. The van der Waals surface area contributed by atoms with E-state index in [1.54, 1.807) is 0 Å². The summed E-state index contributed by atoms with van der Waals surface area (Å²) in [6.07, 6.45) is 0.972. The molecule has 2 aromatic rings. The van der Waals surface area contributed by atoms with Gasteiger partial charge >= 0.3 is 0 Å². The van der Waals surface area contributed by atoms with Crippen molar-refractivity contribution in [2.45, 2.75) is 13.3 Å². The van der Waals surface area contributed by atoms with E-state index in [9.17, 15) is 4.79 Å². The fraction of sp³-hybridized carbons (Fsp3) is 0.235. The molecule has 0 heterocycles. The van der Waals surface area contributed by atoms with Crippen LogP contribution >= 0.6 is 15.9 Å². The molecule has 116 valence electrons. The molecule has 0 atom stereocenters.